The lowest BCUT2D eigenvalue weighted by molar-refractivity contribution is -0.214. The Balaban J connectivity index is 0.403. The first-order chi connectivity index (χ1) is 54.2. The number of hydrogen-bond acceptors (Lipinski definition) is 20. The van der Waals surface area contributed by atoms with Gasteiger partial charge in [0, 0.05) is 151 Å². The van der Waals surface area contributed by atoms with Crippen LogP contribution in [0.5, 0.6) is 0 Å². The summed E-state index contributed by atoms with van der Waals surface area (Å²) in [5, 5.41) is 16.0. The second-order valence-electron chi connectivity index (χ2n) is 33.4. The van der Waals surface area contributed by atoms with Gasteiger partial charge in [0.2, 0.25) is 11.8 Å². The topological polar surface area (TPSA) is 235 Å². The van der Waals surface area contributed by atoms with E-state index < -0.39 is 11.7 Å². The fourth-order valence-corrected chi connectivity index (χ4v) is 17.7. The molecule has 2 aliphatic heterocycles. The first-order valence-electron chi connectivity index (χ1n) is 41.5. The van der Waals surface area contributed by atoms with E-state index in [9.17, 15) is 14.4 Å². The summed E-state index contributed by atoms with van der Waals surface area (Å²) in [5.74, 6) is 0.352. The van der Waals surface area contributed by atoms with Gasteiger partial charge in [-0.25, -0.2) is 23.8 Å². The molecular weight excluding hydrogens is 1420 g/mol. The Kier molecular flexibility index (Phi) is 30.1. The molecule has 112 heavy (non-hydrogen) atoms. The lowest BCUT2D eigenvalue weighted by Gasteiger charge is -2.70. The molecule has 25 heteroatoms. The monoisotopic (exact) mass is 1550 g/mol. The normalized spacial score (nSPS) is 21.4. The third-order valence-corrected chi connectivity index (χ3v) is 23.1. The quantitative estimate of drug-likeness (QED) is 0.0339. The fourth-order valence-electron chi connectivity index (χ4n) is 17.7. The van der Waals surface area contributed by atoms with E-state index in [1.807, 2.05) is 43.6 Å². The molecule has 0 radical (unpaired) electrons. The zero-order chi connectivity index (χ0) is 78.6. The first kappa shape index (κ1) is 84.3. The Hall–Kier alpha value is -7.11. The minimum atomic E-state index is -0.642. The lowest BCUT2D eigenvalue weighted by atomic mass is 9.34. The van der Waals surface area contributed by atoms with Crippen LogP contribution in [0.15, 0.2) is 72.8 Å². The number of piperazine rings is 2. The van der Waals surface area contributed by atoms with Crippen LogP contribution in [-0.2, 0) is 77.9 Å². The number of carbonyl (C=O) groups is 3. The van der Waals surface area contributed by atoms with Gasteiger partial charge in [0.25, 0.3) is 0 Å². The molecule has 6 heterocycles. The zero-order valence-electron chi connectivity index (χ0n) is 68.6. The maximum atomic E-state index is 13.2. The number of benzene rings is 2. The standard InChI is InChI=1S/C87H127N13O12/c1-10-76-74(78-90-66(3)54-68(5)99(78)92-76)56-72-20-16-70(17-21-72)14-12-26-94-28-32-96(33-29-94)64-84-58-86(59-84,60-84)80(101)88-24-38-104-42-46-108-50-52-110-48-44-106-40-36-98(82(103)112-83(7,8)9)37-41-107-45-49-111-53-51-109-47-43-105-39-25-89-81(102)87-61-85(62-87,63-87)65-97-34-30-95(31-35-97)27-13-15-71-18-22-73(23-19-71)57-75-77(11-2)93-100-69(6)55-67(4)91-79(75)100/h12-23,54-55H,10-11,24-53,56-65H2,1-9H3,(H,88,101)(H,89,102)/b14-12+,15-13+. The minimum Gasteiger partial charge on any atom is -0.444 e. The molecule has 0 unspecified atom stereocenters. The summed E-state index contributed by atoms with van der Waals surface area (Å²) in [5.41, 5.74) is 15.4. The second kappa shape index (κ2) is 40.0. The summed E-state index contributed by atoms with van der Waals surface area (Å²) in [7, 11) is 0. The molecule has 6 saturated carbocycles. The highest BCUT2D eigenvalue weighted by Crippen LogP contribution is 2.74. The molecule has 4 bridgehead atoms. The van der Waals surface area contributed by atoms with Crippen molar-refractivity contribution in [1.82, 2.24) is 64.3 Å². The molecule has 8 fully saturated rings. The molecule has 2 aromatic carbocycles. The van der Waals surface area contributed by atoms with Crippen LogP contribution in [0, 0.1) is 49.4 Å². The Labute approximate surface area is 664 Å². The van der Waals surface area contributed by atoms with Crippen molar-refractivity contribution in [2.75, 3.05) is 210 Å². The van der Waals surface area contributed by atoms with Crippen molar-refractivity contribution < 1.29 is 57.0 Å². The van der Waals surface area contributed by atoms with E-state index in [0.717, 1.165) is 188 Å². The molecule has 2 saturated heterocycles. The average molecular weight is 1550 g/mol. The molecule has 8 aliphatic rings. The van der Waals surface area contributed by atoms with Crippen LogP contribution >= 0.6 is 0 Å². The van der Waals surface area contributed by atoms with Gasteiger partial charge in [0.05, 0.1) is 128 Å². The summed E-state index contributed by atoms with van der Waals surface area (Å²) in [4.78, 5) is 61.0. The SMILES string of the molecule is CCc1nn2c(C)cc(C)nc2c1Cc1ccc(/C=C/CN2CCN(CC34CC(C(=O)NCCOCCOCCOCCOCCN(CCOCCOCCOCCOCCNC(=O)C56CC(CN7CCN(C/C=C/c8ccc(Cc9c(CC)nn%10c(C)cc(C)nc9%10)cc8)CC7)(C5)C6)C(=O)OC(C)(C)C)(C3)C4)CC2)cc1. The molecule has 4 aromatic heterocycles. The van der Waals surface area contributed by atoms with Crippen molar-refractivity contribution >= 4 is 41.4 Å². The third kappa shape index (κ3) is 22.9. The van der Waals surface area contributed by atoms with Crippen LogP contribution in [-0.4, -0.2) is 288 Å². The molecule has 6 aromatic rings. The average Bonchev–Trinajstić information content (AvgIpc) is 0.786. The van der Waals surface area contributed by atoms with Gasteiger partial charge in [-0.05, 0) is 145 Å². The number of aromatic nitrogens is 6. The fraction of sp³-hybridized carbons (Fsp3) is 0.644. The molecule has 3 amide bonds. The second-order valence-corrected chi connectivity index (χ2v) is 33.4. The maximum absolute atomic E-state index is 13.2. The van der Waals surface area contributed by atoms with Gasteiger partial charge in [-0.2, -0.15) is 10.2 Å². The molecule has 25 nitrogen and oxygen atoms in total. The van der Waals surface area contributed by atoms with Crippen molar-refractivity contribution in [3.63, 3.8) is 0 Å². The van der Waals surface area contributed by atoms with Crippen LogP contribution in [0.4, 0.5) is 4.79 Å². The van der Waals surface area contributed by atoms with Gasteiger partial charge >= 0.3 is 6.09 Å². The molecule has 612 valence electrons. The summed E-state index contributed by atoms with van der Waals surface area (Å²) in [6, 6.07) is 22.0. The van der Waals surface area contributed by atoms with E-state index in [1.54, 1.807) is 4.90 Å². The van der Waals surface area contributed by atoms with E-state index in [4.69, 9.17) is 62.8 Å². The van der Waals surface area contributed by atoms with Crippen LogP contribution in [0.2, 0.25) is 0 Å². The number of carbonyl (C=O) groups excluding carboxylic acids is 3. The van der Waals surface area contributed by atoms with E-state index in [-0.39, 0.29) is 22.6 Å². The summed E-state index contributed by atoms with van der Waals surface area (Å²) in [6.07, 6.45) is 18.0. The summed E-state index contributed by atoms with van der Waals surface area (Å²) < 4.78 is 55.5. The Morgan fingerprint density at radius 3 is 1.13 bits per heavy atom. The third-order valence-electron chi connectivity index (χ3n) is 23.1. The van der Waals surface area contributed by atoms with E-state index in [2.05, 4.69) is 143 Å². The molecule has 0 atom stereocenters. The van der Waals surface area contributed by atoms with Gasteiger partial charge in [0.15, 0.2) is 11.3 Å². The largest absolute Gasteiger partial charge is 0.444 e. The van der Waals surface area contributed by atoms with E-state index in [1.165, 1.54) is 33.4 Å². The lowest BCUT2D eigenvalue weighted by Crippen LogP contribution is -2.71. The Morgan fingerprint density at radius 2 is 0.795 bits per heavy atom. The van der Waals surface area contributed by atoms with Gasteiger partial charge in [-0.3, -0.25) is 19.4 Å². The van der Waals surface area contributed by atoms with Crippen LogP contribution in [0.3, 0.4) is 0 Å². The zero-order valence-corrected chi connectivity index (χ0v) is 68.6. The van der Waals surface area contributed by atoms with Crippen molar-refractivity contribution in [3.05, 3.63) is 140 Å². The summed E-state index contributed by atoms with van der Waals surface area (Å²) >= 11 is 0. The number of hydrogen-bond donors (Lipinski definition) is 2. The number of nitrogens with one attached hydrogen (secondary N) is 2. The Bertz CT molecular complexity index is 3800. The molecule has 0 spiro atoms. The first-order valence-corrected chi connectivity index (χ1v) is 41.5. The van der Waals surface area contributed by atoms with Gasteiger partial charge in [-0.15, -0.1) is 0 Å². The number of ether oxygens (including phenoxy) is 9. The van der Waals surface area contributed by atoms with Crippen LogP contribution in [0.25, 0.3) is 23.4 Å². The van der Waals surface area contributed by atoms with Crippen LogP contribution in [0.1, 0.15) is 141 Å². The van der Waals surface area contributed by atoms with E-state index >= 15 is 0 Å². The number of fused-ring (bicyclic) bond motifs is 2. The van der Waals surface area contributed by atoms with E-state index in [0.29, 0.717) is 143 Å². The van der Waals surface area contributed by atoms with Gasteiger partial charge < -0.3 is 68.0 Å². The molecule has 2 N–H and O–H groups in total. The molecular formula is C87H127N13O12. The smallest absolute Gasteiger partial charge is 0.410 e. The number of rotatable bonds is 48. The Morgan fingerprint density at radius 1 is 0.464 bits per heavy atom. The maximum Gasteiger partial charge on any atom is 0.410 e. The van der Waals surface area contributed by atoms with Gasteiger partial charge in [0.1, 0.15) is 5.60 Å². The predicted molar refractivity (Wildman–Crippen MR) is 434 cm³/mol. The highest BCUT2D eigenvalue weighted by atomic mass is 16.6. The summed E-state index contributed by atoms with van der Waals surface area (Å²) in [6.45, 7) is 38.9. The predicted octanol–water partition coefficient (Wildman–Crippen LogP) is 9.22. The number of aryl methyl sites for hydroxylation is 6. The van der Waals surface area contributed by atoms with Crippen molar-refractivity contribution in [2.45, 2.75) is 132 Å². The van der Waals surface area contributed by atoms with Gasteiger partial charge in [-0.1, -0.05) is 86.7 Å². The minimum absolute atomic E-state index is 0.176. The highest BCUT2D eigenvalue weighted by molar-refractivity contribution is 5.87. The van der Waals surface area contributed by atoms with Crippen molar-refractivity contribution in [2.24, 2.45) is 21.7 Å². The van der Waals surface area contributed by atoms with Crippen molar-refractivity contribution in [1.29, 1.82) is 0 Å². The highest BCUT2D eigenvalue weighted by Gasteiger charge is 2.72. The molecule has 6 aliphatic carbocycles. The number of amides is 3. The molecule has 14 rings (SSSR count). The van der Waals surface area contributed by atoms with Crippen LogP contribution < -0.4 is 10.6 Å². The van der Waals surface area contributed by atoms with Crippen molar-refractivity contribution in [3.8, 4) is 0 Å². The number of nitrogens with zero attached hydrogens (tertiary/aromatic N) is 11.